The van der Waals surface area contributed by atoms with Gasteiger partial charge in [0.2, 0.25) is 5.79 Å². The summed E-state index contributed by atoms with van der Waals surface area (Å²) in [5.74, 6) is -2.29. The van der Waals surface area contributed by atoms with Crippen LogP contribution in [0.5, 0.6) is 0 Å². The van der Waals surface area contributed by atoms with Crippen molar-refractivity contribution in [3.8, 4) is 0 Å². The lowest BCUT2D eigenvalue weighted by Gasteiger charge is -2.43. The van der Waals surface area contributed by atoms with Crippen molar-refractivity contribution in [1.82, 2.24) is 0 Å². The first kappa shape index (κ1) is 54.9. The van der Waals surface area contributed by atoms with E-state index in [0.717, 1.165) is 18.4 Å². The van der Waals surface area contributed by atoms with Gasteiger partial charge < -0.3 is 59.8 Å². The quantitative estimate of drug-likeness (QED) is 0.0294. The second-order valence-electron chi connectivity index (χ2n) is 17.7. The molecule has 0 unspecified atom stereocenters. The maximum atomic E-state index is 12.0. The summed E-state index contributed by atoms with van der Waals surface area (Å²) in [6, 6.07) is 0. The van der Waals surface area contributed by atoms with E-state index in [9.17, 15) is 35.4 Å². The lowest BCUT2D eigenvalue weighted by molar-refractivity contribution is -0.383. The Morgan fingerprint density at radius 2 is 1.36 bits per heavy atom. The van der Waals surface area contributed by atoms with Crippen LogP contribution in [0.25, 0.3) is 0 Å². The van der Waals surface area contributed by atoms with Crippen LogP contribution in [0.4, 0.5) is 0 Å². The number of allylic oxidation sites excluding steroid dienone is 9. The molecule has 13 nitrogen and oxygen atoms in total. The zero-order valence-corrected chi connectivity index (χ0v) is 38.1. The second kappa shape index (κ2) is 29.2. The summed E-state index contributed by atoms with van der Waals surface area (Å²) in [6.07, 6.45) is 21.6. The fraction of sp³-hybridized carbons (Fsp3) is 0.771. The Bertz CT molecular complexity index is 1400. The maximum Gasteiger partial charge on any atom is 0.306 e. The van der Waals surface area contributed by atoms with Crippen molar-refractivity contribution in [3.63, 3.8) is 0 Å². The predicted octanol–water partition coefficient (Wildman–Crippen LogP) is 6.15. The molecule has 0 spiro atoms. The number of esters is 1. The fourth-order valence-electron chi connectivity index (χ4n) is 7.96. The van der Waals surface area contributed by atoms with Gasteiger partial charge in [-0.1, -0.05) is 145 Å². The number of carbonyl (C=O) groups is 1. The third kappa shape index (κ3) is 18.8. The van der Waals surface area contributed by atoms with Gasteiger partial charge in [0.25, 0.3) is 0 Å². The van der Waals surface area contributed by atoms with Gasteiger partial charge in [-0.3, -0.25) is 4.79 Å². The summed E-state index contributed by atoms with van der Waals surface area (Å²) >= 11 is 0. The molecule has 2 heterocycles. The third-order valence-electron chi connectivity index (χ3n) is 12.0. The fourth-order valence-corrected chi connectivity index (χ4v) is 7.96. The Labute approximate surface area is 365 Å². The minimum Gasteiger partial charge on any atom is -0.461 e. The molecule has 0 aromatic carbocycles. The Balaban J connectivity index is 0.000000472. The van der Waals surface area contributed by atoms with Gasteiger partial charge in [0.05, 0.1) is 13.2 Å². The summed E-state index contributed by atoms with van der Waals surface area (Å²) in [4.78, 5) is 12.0. The summed E-state index contributed by atoms with van der Waals surface area (Å²) < 4.78 is 20.8. The normalized spacial score (nSPS) is 29.7. The number of hydrogen-bond acceptors (Lipinski definition) is 13. The van der Waals surface area contributed by atoms with Crippen molar-refractivity contribution in [2.75, 3.05) is 26.4 Å². The van der Waals surface area contributed by atoms with Crippen LogP contribution in [-0.4, -0.2) is 128 Å². The van der Waals surface area contributed by atoms with Gasteiger partial charge in [-0.25, -0.2) is 0 Å². The van der Waals surface area contributed by atoms with Gasteiger partial charge in [0.15, 0.2) is 6.29 Å². The highest BCUT2D eigenvalue weighted by atomic mass is 16.8. The van der Waals surface area contributed by atoms with E-state index >= 15 is 0 Å². The number of aliphatic hydroxyl groups excluding tert-OH is 8. The van der Waals surface area contributed by atoms with Gasteiger partial charge in [-0.15, -0.1) is 0 Å². The van der Waals surface area contributed by atoms with Crippen LogP contribution >= 0.6 is 0 Å². The minimum absolute atomic E-state index is 0.0720. The van der Waals surface area contributed by atoms with Crippen LogP contribution in [0.3, 0.4) is 0 Å². The molecule has 352 valence electrons. The molecule has 2 aliphatic heterocycles. The molecule has 0 saturated carbocycles. The highest BCUT2D eigenvalue weighted by Crippen LogP contribution is 2.41. The van der Waals surface area contributed by atoms with Crippen LogP contribution in [0.1, 0.15) is 151 Å². The molecule has 2 saturated heterocycles. The van der Waals surface area contributed by atoms with Crippen LogP contribution in [0.2, 0.25) is 0 Å². The van der Waals surface area contributed by atoms with E-state index < -0.39 is 74.6 Å². The van der Waals surface area contributed by atoms with Gasteiger partial charge in [0, 0.05) is 6.42 Å². The lowest BCUT2D eigenvalue weighted by atomic mass is 9.72. The molecule has 0 amide bonds. The molecule has 0 aromatic heterocycles. The van der Waals surface area contributed by atoms with E-state index in [2.05, 4.69) is 71.9 Å². The van der Waals surface area contributed by atoms with Gasteiger partial charge >= 0.3 is 5.97 Å². The molecule has 3 rings (SSSR count). The monoisotopic (exact) mass is 867 g/mol. The van der Waals surface area contributed by atoms with E-state index in [1.54, 1.807) is 0 Å². The lowest BCUT2D eigenvalue weighted by Crippen LogP contribution is -2.62. The van der Waals surface area contributed by atoms with E-state index in [1.165, 1.54) is 107 Å². The highest BCUT2D eigenvalue weighted by Gasteiger charge is 2.58. The van der Waals surface area contributed by atoms with E-state index in [1.807, 2.05) is 6.08 Å². The average molecular weight is 867 g/mol. The first-order valence-corrected chi connectivity index (χ1v) is 22.9. The number of aliphatic hydroxyl groups is 8. The average Bonchev–Trinajstić information content (AvgIpc) is 3.47. The Morgan fingerprint density at radius 3 is 1.90 bits per heavy atom. The smallest absolute Gasteiger partial charge is 0.306 e. The molecular formula is C48H82O13. The number of unbranched alkanes of at least 4 members (excludes halogenated alkanes) is 12. The molecule has 9 atom stereocenters. The molecule has 0 aromatic rings. The summed E-state index contributed by atoms with van der Waals surface area (Å²) in [5, 5.41) is 76.7. The minimum atomic E-state index is -2.22. The summed E-state index contributed by atoms with van der Waals surface area (Å²) in [5.41, 5.74) is 5.65. The Hall–Kier alpha value is -2.27. The largest absolute Gasteiger partial charge is 0.461 e. The molecule has 0 radical (unpaired) electrons. The third-order valence-corrected chi connectivity index (χ3v) is 12.0. The summed E-state index contributed by atoms with van der Waals surface area (Å²) in [7, 11) is 0. The molecule has 61 heavy (non-hydrogen) atoms. The molecular weight excluding hydrogens is 785 g/mol. The van der Waals surface area contributed by atoms with Gasteiger partial charge in [-0.2, -0.15) is 0 Å². The molecule has 1 aliphatic carbocycles. The second-order valence-corrected chi connectivity index (χ2v) is 17.7. The van der Waals surface area contributed by atoms with Crippen LogP contribution in [0, 0.1) is 5.41 Å². The van der Waals surface area contributed by atoms with Crippen molar-refractivity contribution in [2.45, 2.75) is 206 Å². The standard InChI is InChI=1S/C36H60O2.C12H22O11/c1-7-8-9-10-11-12-13-14-15-16-17-18-19-25-35(37)38-30-28-32(3)23-20-22-31(2)26-27-34-33(4)24-21-29-36(34,5)6;13-1-4-6(16)8(18)9(19)11(21-4)23-12(3-15)10(20)7(17)5(2-14)22-12/h20,22-23,26-28H,7-19,21,24-25,29-30H2,1-6H3;4-11,13-20H,1-3H2/t;4-,5-,6-,7-,8+,9-,10+,11-,12+/m.1/s1. The van der Waals surface area contributed by atoms with Crippen molar-refractivity contribution < 1.29 is 64.6 Å². The molecule has 2 fully saturated rings. The zero-order valence-electron chi connectivity index (χ0n) is 38.1. The Kier molecular flexibility index (Phi) is 26.3. The molecule has 13 heteroatoms. The van der Waals surface area contributed by atoms with Crippen molar-refractivity contribution in [1.29, 1.82) is 0 Å². The number of carbonyl (C=O) groups excluding carboxylic acids is 1. The number of ether oxygens (including phenoxy) is 4. The topological polar surface area (TPSA) is 216 Å². The first-order valence-electron chi connectivity index (χ1n) is 22.9. The highest BCUT2D eigenvalue weighted by molar-refractivity contribution is 5.69. The maximum absolute atomic E-state index is 12.0. The zero-order chi connectivity index (χ0) is 45.4. The van der Waals surface area contributed by atoms with Crippen molar-refractivity contribution in [3.05, 3.63) is 58.7 Å². The van der Waals surface area contributed by atoms with Crippen molar-refractivity contribution >= 4 is 5.97 Å². The van der Waals surface area contributed by atoms with Gasteiger partial charge in [-0.05, 0) is 63.5 Å². The molecule has 0 bridgehead atoms. The van der Waals surface area contributed by atoms with Crippen LogP contribution in [-0.2, 0) is 23.7 Å². The van der Waals surface area contributed by atoms with Crippen molar-refractivity contribution in [2.24, 2.45) is 5.41 Å². The van der Waals surface area contributed by atoms with E-state index in [4.69, 9.17) is 29.2 Å². The number of hydrogen-bond donors (Lipinski definition) is 8. The first-order chi connectivity index (χ1) is 29.1. The van der Waals surface area contributed by atoms with E-state index in [-0.39, 0.29) is 11.4 Å². The summed E-state index contributed by atoms with van der Waals surface area (Å²) in [6.45, 7) is 11.5. The predicted molar refractivity (Wildman–Crippen MR) is 236 cm³/mol. The Morgan fingerprint density at radius 1 is 0.770 bits per heavy atom. The SMILES string of the molecule is CCCCCCCCCCCCCCCC(=O)OCC=C(C)C=CC=C(C)C=CC1=C(C)CCCC1(C)C.OC[C@H]1O[C@@](CO)(O[C@H]2O[C@H](CO)[C@@H](O)[C@H](O)[C@H]2O)[C@@H](O)[C@@H]1O. The number of rotatable bonds is 25. The van der Waals surface area contributed by atoms with Crippen LogP contribution < -0.4 is 0 Å². The van der Waals surface area contributed by atoms with E-state index in [0.29, 0.717) is 13.0 Å². The molecule has 3 aliphatic rings. The molecule has 8 N–H and O–H groups in total. The van der Waals surface area contributed by atoms with Crippen LogP contribution in [0.15, 0.2) is 58.7 Å². The van der Waals surface area contributed by atoms with Gasteiger partial charge in [0.1, 0.15) is 55.9 Å².